The van der Waals surface area contributed by atoms with E-state index in [4.69, 9.17) is 11.6 Å². The molecular weight excluding hydrogens is 272 g/mol. The molecule has 0 aromatic heterocycles. The number of anilines is 1. The van der Waals surface area contributed by atoms with Crippen molar-refractivity contribution in [3.05, 3.63) is 28.8 Å². The molecule has 4 heteroatoms. The summed E-state index contributed by atoms with van der Waals surface area (Å²) in [7, 11) is 0. The lowest BCUT2D eigenvalue weighted by Gasteiger charge is -2.37. The highest BCUT2D eigenvalue weighted by Gasteiger charge is 2.21. The number of carbonyl (C=O) groups excluding carboxylic acids is 1. The Kier molecular flexibility index (Phi) is 4.92. The van der Waals surface area contributed by atoms with Crippen LogP contribution >= 0.6 is 11.6 Å². The summed E-state index contributed by atoms with van der Waals surface area (Å²) < 4.78 is 0. The molecule has 0 saturated carbocycles. The molecule has 0 bridgehead atoms. The summed E-state index contributed by atoms with van der Waals surface area (Å²) in [5, 5.41) is 0. The lowest BCUT2D eigenvalue weighted by Crippen LogP contribution is -2.49. The lowest BCUT2D eigenvalue weighted by molar-refractivity contribution is -0.131. The number of hydrogen-bond donors (Lipinski definition) is 0. The van der Waals surface area contributed by atoms with Crippen LogP contribution in [-0.2, 0) is 4.79 Å². The Morgan fingerprint density at radius 1 is 1.05 bits per heavy atom. The maximum atomic E-state index is 11.8. The number of nitrogens with zero attached hydrogens (tertiary/aromatic N) is 2. The normalized spacial score (nSPS) is 15.6. The van der Waals surface area contributed by atoms with E-state index >= 15 is 0 Å². The van der Waals surface area contributed by atoms with Crippen molar-refractivity contribution >= 4 is 23.2 Å². The van der Waals surface area contributed by atoms with Gasteiger partial charge in [0, 0.05) is 44.2 Å². The molecule has 1 amide bonds. The van der Waals surface area contributed by atoms with Crippen molar-refractivity contribution in [2.45, 2.75) is 27.2 Å². The Hall–Kier alpha value is -1.22. The molecule has 1 aromatic carbocycles. The summed E-state index contributed by atoms with van der Waals surface area (Å²) in [5.41, 5.74) is 5.28. The molecule has 1 fully saturated rings. The highest BCUT2D eigenvalue weighted by atomic mass is 35.5. The average molecular weight is 295 g/mol. The van der Waals surface area contributed by atoms with E-state index in [0.717, 1.165) is 26.2 Å². The van der Waals surface area contributed by atoms with Crippen LogP contribution in [0, 0.1) is 20.8 Å². The molecule has 110 valence electrons. The molecule has 0 atom stereocenters. The van der Waals surface area contributed by atoms with Gasteiger partial charge in [0.25, 0.3) is 0 Å². The van der Waals surface area contributed by atoms with Gasteiger partial charge in [-0.05, 0) is 43.5 Å². The van der Waals surface area contributed by atoms with Gasteiger partial charge in [-0.25, -0.2) is 0 Å². The number of carbonyl (C=O) groups is 1. The van der Waals surface area contributed by atoms with Crippen molar-refractivity contribution < 1.29 is 4.79 Å². The third kappa shape index (κ3) is 3.26. The summed E-state index contributed by atoms with van der Waals surface area (Å²) in [6, 6.07) is 4.51. The van der Waals surface area contributed by atoms with Crippen molar-refractivity contribution in [3.63, 3.8) is 0 Å². The molecule has 3 nitrogen and oxygen atoms in total. The standard InChI is InChI=1S/C16H23ClN2O/c1-12-10-14(3)15(11-13(12)2)18-6-8-19(9-7-18)16(20)4-5-17/h10-11H,4-9H2,1-3H3. The number of benzene rings is 1. The SMILES string of the molecule is Cc1cc(C)c(N2CCN(C(=O)CCCl)CC2)cc1C. The van der Waals surface area contributed by atoms with Gasteiger partial charge >= 0.3 is 0 Å². The molecule has 1 aliphatic heterocycles. The molecule has 20 heavy (non-hydrogen) atoms. The third-order valence-electron chi connectivity index (χ3n) is 4.09. The molecular formula is C16H23ClN2O. The first-order valence-corrected chi connectivity index (χ1v) is 7.73. The van der Waals surface area contributed by atoms with Crippen molar-refractivity contribution in [1.29, 1.82) is 0 Å². The molecule has 1 saturated heterocycles. The van der Waals surface area contributed by atoms with Gasteiger partial charge in [-0.15, -0.1) is 11.6 Å². The Labute approximate surface area is 126 Å². The minimum atomic E-state index is 0.177. The van der Waals surface area contributed by atoms with Crippen molar-refractivity contribution in [3.8, 4) is 0 Å². The summed E-state index contributed by atoms with van der Waals surface area (Å²) in [6.07, 6.45) is 0.449. The fourth-order valence-electron chi connectivity index (χ4n) is 2.72. The number of aryl methyl sites for hydroxylation is 3. The number of rotatable bonds is 3. The Bertz CT molecular complexity index is 493. The van der Waals surface area contributed by atoms with Crippen LogP contribution in [0.3, 0.4) is 0 Å². The molecule has 2 rings (SSSR count). The van der Waals surface area contributed by atoms with Crippen LogP contribution in [0.25, 0.3) is 0 Å². The number of piperazine rings is 1. The van der Waals surface area contributed by atoms with Crippen molar-refractivity contribution in [1.82, 2.24) is 4.90 Å². The number of hydrogen-bond acceptors (Lipinski definition) is 2. The average Bonchev–Trinajstić information content (AvgIpc) is 2.43. The summed E-state index contributed by atoms with van der Waals surface area (Å²) in [5.74, 6) is 0.589. The fraction of sp³-hybridized carbons (Fsp3) is 0.562. The summed E-state index contributed by atoms with van der Waals surface area (Å²) >= 11 is 5.64. The van der Waals surface area contributed by atoms with E-state index in [-0.39, 0.29) is 5.91 Å². The van der Waals surface area contributed by atoms with Crippen LogP contribution in [0.15, 0.2) is 12.1 Å². The molecule has 0 aliphatic carbocycles. The van der Waals surface area contributed by atoms with E-state index in [2.05, 4.69) is 37.8 Å². The van der Waals surface area contributed by atoms with E-state index in [1.165, 1.54) is 22.4 Å². The van der Waals surface area contributed by atoms with Gasteiger partial charge in [0.05, 0.1) is 0 Å². The zero-order valence-corrected chi connectivity index (χ0v) is 13.3. The predicted octanol–water partition coefficient (Wildman–Crippen LogP) is 2.89. The van der Waals surface area contributed by atoms with Gasteiger partial charge in [0.2, 0.25) is 5.91 Å². The third-order valence-corrected chi connectivity index (χ3v) is 4.28. The van der Waals surface area contributed by atoms with E-state index in [1.807, 2.05) is 4.90 Å². The molecule has 1 heterocycles. The van der Waals surface area contributed by atoms with Crippen LogP contribution in [0.4, 0.5) is 5.69 Å². The molecule has 0 unspecified atom stereocenters. The first-order valence-electron chi connectivity index (χ1n) is 7.19. The molecule has 1 aliphatic rings. The quantitative estimate of drug-likeness (QED) is 0.800. The largest absolute Gasteiger partial charge is 0.368 e. The Morgan fingerprint density at radius 3 is 2.25 bits per heavy atom. The summed E-state index contributed by atoms with van der Waals surface area (Å²) in [4.78, 5) is 16.1. The van der Waals surface area contributed by atoms with Gasteiger partial charge in [0.1, 0.15) is 0 Å². The van der Waals surface area contributed by atoms with Gasteiger partial charge in [-0.1, -0.05) is 6.07 Å². The van der Waals surface area contributed by atoms with Gasteiger partial charge < -0.3 is 9.80 Å². The van der Waals surface area contributed by atoms with Crippen LogP contribution in [0.2, 0.25) is 0 Å². The number of halogens is 1. The lowest BCUT2D eigenvalue weighted by atomic mass is 10.0. The first kappa shape index (κ1) is 15.2. The van der Waals surface area contributed by atoms with Crippen LogP contribution < -0.4 is 4.90 Å². The predicted molar refractivity (Wildman–Crippen MR) is 84.8 cm³/mol. The number of alkyl halides is 1. The van der Waals surface area contributed by atoms with Crippen molar-refractivity contribution in [2.24, 2.45) is 0 Å². The van der Waals surface area contributed by atoms with Gasteiger partial charge in [0.15, 0.2) is 0 Å². The zero-order valence-electron chi connectivity index (χ0n) is 12.6. The van der Waals surface area contributed by atoms with Crippen molar-refractivity contribution in [2.75, 3.05) is 37.0 Å². The highest BCUT2D eigenvalue weighted by Crippen LogP contribution is 2.25. The fourth-order valence-corrected chi connectivity index (χ4v) is 2.88. The second kappa shape index (κ2) is 6.49. The van der Waals surface area contributed by atoms with Gasteiger partial charge in [-0.2, -0.15) is 0 Å². The zero-order chi connectivity index (χ0) is 14.7. The van der Waals surface area contributed by atoms with Gasteiger partial charge in [-0.3, -0.25) is 4.79 Å². The summed E-state index contributed by atoms with van der Waals surface area (Å²) in [6.45, 7) is 9.85. The smallest absolute Gasteiger partial charge is 0.223 e. The van der Waals surface area contributed by atoms with E-state index in [0.29, 0.717) is 12.3 Å². The van der Waals surface area contributed by atoms with Crippen LogP contribution in [0.5, 0.6) is 0 Å². The number of amides is 1. The highest BCUT2D eigenvalue weighted by molar-refractivity contribution is 6.18. The van der Waals surface area contributed by atoms with E-state index in [9.17, 15) is 4.79 Å². The molecule has 1 aromatic rings. The topological polar surface area (TPSA) is 23.6 Å². The van der Waals surface area contributed by atoms with E-state index in [1.54, 1.807) is 0 Å². The van der Waals surface area contributed by atoms with E-state index < -0.39 is 0 Å². The monoisotopic (exact) mass is 294 g/mol. The second-order valence-corrected chi connectivity index (χ2v) is 5.91. The Balaban J connectivity index is 2.04. The first-order chi connectivity index (χ1) is 9.52. The minimum Gasteiger partial charge on any atom is -0.368 e. The minimum absolute atomic E-state index is 0.177. The Morgan fingerprint density at radius 2 is 1.65 bits per heavy atom. The molecule has 0 radical (unpaired) electrons. The molecule has 0 spiro atoms. The second-order valence-electron chi connectivity index (χ2n) is 5.53. The molecule has 0 N–H and O–H groups in total. The maximum absolute atomic E-state index is 11.8. The van der Waals surface area contributed by atoms with Crippen LogP contribution in [0.1, 0.15) is 23.1 Å². The van der Waals surface area contributed by atoms with Crippen LogP contribution in [-0.4, -0.2) is 42.9 Å². The maximum Gasteiger partial charge on any atom is 0.223 e.